The zero-order chi connectivity index (χ0) is 13.1. The van der Waals surface area contributed by atoms with Crippen LogP contribution >= 0.6 is 23.1 Å². The SMILES string of the molecule is [O-][n+]1ccccc1SCc1csc(-c2ccco2)n1. The Labute approximate surface area is 118 Å². The first-order valence-electron chi connectivity index (χ1n) is 5.62. The van der Waals surface area contributed by atoms with Gasteiger partial charge in [0.25, 0.3) is 5.03 Å². The Hall–Kier alpha value is -1.79. The molecule has 0 radical (unpaired) electrons. The van der Waals surface area contributed by atoms with Gasteiger partial charge in [0.1, 0.15) is 0 Å². The van der Waals surface area contributed by atoms with E-state index in [1.54, 1.807) is 29.7 Å². The second-order valence-corrected chi connectivity index (χ2v) is 5.63. The van der Waals surface area contributed by atoms with Crippen LogP contribution in [-0.4, -0.2) is 4.98 Å². The molecule has 0 bridgehead atoms. The molecule has 0 saturated carbocycles. The van der Waals surface area contributed by atoms with E-state index >= 15 is 0 Å². The van der Waals surface area contributed by atoms with Crippen molar-refractivity contribution in [2.45, 2.75) is 10.8 Å². The van der Waals surface area contributed by atoms with Gasteiger partial charge in [0.2, 0.25) is 0 Å². The van der Waals surface area contributed by atoms with Gasteiger partial charge in [-0.2, -0.15) is 4.73 Å². The van der Waals surface area contributed by atoms with Gasteiger partial charge in [-0.1, -0.05) is 0 Å². The molecule has 0 aliphatic rings. The first kappa shape index (κ1) is 12.3. The van der Waals surface area contributed by atoms with Gasteiger partial charge in [-0.15, -0.1) is 11.3 Å². The maximum atomic E-state index is 11.5. The lowest BCUT2D eigenvalue weighted by atomic mass is 10.5. The minimum Gasteiger partial charge on any atom is -0.618 e. The molecule has 0 aromatic carbocycles. The number of rotatable bonds is 4. The molecule has 19 heavy (non-hydrogen) atoms. The molecule has 0 amide bonds. The number of hydrogen-bond donors (Lipinski definition) is 0. The molecule has 6 heteroatoms. The monoisotopic (exact) mass is 290 g/mol. The van der Waals surface area contributed by atoms with E-state index in [4.69, 9.17) is 4.42 Å². The van der Waals surface area contributed by atoms with Crippen LogP contribution in [0.1, 0.15) is 5.69 Å². The quantitative estimate of drug-likeness (QED) is 0.420. The molecule has 96 valence electrons. The molecular weight excluding hydrogens is 280 g/mol. The highest BCUT2D eigenvalue weighted by molar-refractivity contribution is 7.98. The first-order chi connectivity index (χ1) is 9.33. The predicted octanol–water partition coefficient (Wildman–Crippen LogP) is 3.33. The van der Waals surface area contributed by atoms with Gasteiger partial charge >= 0.3 is 0 Å². The second-order valence-electron chi connectivity index (χ2n) is 3.77. The molecule has 4 nitrogen and oxygen atoms in total. The lowest BCUT2D eigenvalue weighted by Gasteiger charge is -2.01. The van der Waals surface area contributed by atoms with Crippen LogP contribution in [-0.2, 0) is 5.75 Å². The lowest BCUT2D eigenvalue weighted by molar-refractivity contribution is -0.645. The normalized spacial score (nSPS) is 10.7. The third-order valence-electron chi connectivity index (χ3n) is 2.44. The summed E-state index contributed by atoms with van der Waals surface area (Å²) in [6, 6.07) is 9.10. The molecule has 0 aliphatic heterocycles. The maximum absolute atomic E-state index is 11.5. The third-order valence-corrected chi connectivity index (χ3v) is 4.40. The molecule has 0 fully saturated rings. The van der Waals surface area contributed by atoms with Crippen molar-refractivity contribution in [3.63, 3.8) is 0 Å². The van der Waals surface area contributed by atoms with Crippen LogP contribution in [0, 0.1) is 5.21 Å². The summed E-state index contributed by atoms with van der Waals surface area (Å²) in [5.41, 5.74) is 0.949. The van der Waals surface area contributed by atoms with Gasteiger partial charge in [-0.25, -0.2) is 4.98 Å². The number of hydrogen-bond acceptors (Lipinski definition) is 5. The van der Waals surface area contributed by atoms with Crippen molar-refractivity contribution in [3.8, 4) is 10.8 Å². The summed E-state index contributed by atoms with van der Waals surface area (Å²) in [5, 5.41) is 15.0. The first-order valence-corrected chi connectivity index (χ1v) is 7.49. The predicted molar refractivity (Wildman–Crippen MR) is 74.8 cm³/mol. The smallest absolute Gasteiger partial charge is 0.251 e. The lowest BCUT2D eigenvalue weighted by Crippen LogP contribution is -2.27. The average Bonchev–Trinajstić information content (AvgIpc) is 3.09. The highest BCUT2D eigenvalue weighted by Gasteiger charge is 2.09. The highest BCUT2D eigenvalue weighted by Crippen LogP contribution is 2.27. The van der Waals surface area contributed by atoms with Gasteiger partial charge in [-0.05, 0) is 30.0 Å². The average molecular weight is 290 g/mol. The fourth-order valence-corrected chi connectivity index (χ4v) is 3.26. The molecule has 0 spiro atoms. The summed E-state index contributed by atoms with van der Waals surface area (Å²) in [4.78, 5) is 4.49. The van der Waals surface area contributed by atoms with Crippen LogP contribution in [0.2, 0.25) is 0 Å². The topological polar surface area (TPSA) is 53.0 Å². The van der Waals surface area contributed by atoms with Crippen molar-refractivity contribution in [2.24, 2.45) is 0 Å². The second kappa shape index (κ2) is 5.46. The van der Waals surface area contributed by atoms with Gasteiger partial charge in [0.05, 0.1) is 12.0 Å². The summed E-state index contributed by atoms with van der Waals surface area (Å²) >= 11 is 3.02. The summed E-state index contributed by atoms with van der Waals surface area (Å²) in [5.74, 6) is 1.45. The minimum absolute atomic E-state index is 0.670. The van der Waals surface area contributed by atoms with E-state index in [0.717, 1.165) is 21.2 Å². The van der Waals surface area contributed by atoms with Gasteiger partial charge in [0, 0.05) is 23.3 Å². The minimum atomic E-state index is 0.670. The molecule has 0 atom stereocenters. The largest absolute Gasteiger partial charge is 0.618 e. The number of pyridine rings is 1. The van der Waals surface area contributed by atoms with Crippen molar-refractivity contribution in [3.05, 3.63) is 59.1 Å². The molecule has 0 N–H and O–H groups in total. The summed E-state index contributed by atoms with van der Waals surface area (Å²) in [6.45, 7) is 0. The van der Waals surface area contributed by atoms with E-state index < -0.39 is 0 Å². The number of aromatic nitrogens is 2. The third kappa shape index (κ3) is 2.80. The van der Waals surface area contributed by atoms with E-state index in [-0.39, 0.29) is 0 Å². The number of furan rings is 1. The van der Waals surface area contributed by atoms with E-state index in [9.17, 15) is 5.21 Å². The maximum Gasteiger partial charge on any atom is 0.251 e. The van der Waals surface area contributed by atoms with Crippen molar-refractivity contribution in [2.75, 3.05) is 0 Å². The van der Waals surface area contributed by atoms with Crippen molar-refractivity contribution in [1.29, 1.82) is 0 Å². The number of thiazole rings is 1. The molecule has 0 saturated heterocycles. The standard InChI is InChI=1S/C13H10N2O2S2/c16-15-6-2-1-5-12(15)18-8-10-9-19-13(14-10)11-4-3-7-17-11/h1-7,9H,8H2. The summed E-state index contributed by atoms with van der Waals surface area (Å²) < 4.78 is 6.17. The van der Waals surface area contributed by atoms with Crippen molar-refractivity contribution in [1.82, 2.24) is 4.98 Å². The zero-order valence-corrected chi connectivity index (χ0v) is 11.5. The van der Waals surface area contributed by atoms with Gasteiger partial charge in [0.15, 0.2) is 17.0 Å². The number of nitrogens with zero attached hydrogens (tertiary/aromatic N) is 2. The zero-order valence-electron chi connectivity index (χ0n) is 9.85. The number of thioether (sulfide) groups is 1. The molecular formula is C13H10N2O2S2. The molecule has 3 aromatic heterocycles. The Bertz CT molecular complexity index is 665. The molecule has 0 aliphatic carbocycles. The fraction of sp³-hybridized carbons (Fsp3) is 0.0769. The van der Waals surface area contributed by atoms with Crippen LogP contribution in [0.25, 0.3) is 10.8 Å². The Morgan fingerprint density at radius 1 is 1.32 bits per heavy atom. The Kier molecular flexibility index (Phi) is 3.52. The molecule has 3 heterocycles. The van der Waals surface area contributed by atoms with Crippen LogP contribution in [0.15, 0.2) is 57.6 Å². The molecule has 0 unspecified atom stereocenters. The van der Waals surface area contributed by atoms with E-state index in [2.05, 4.69) is 4.98 Å². The van der Waals surface area contributed by atoms with E-state index in [0.29, 0.717) is 10.8 Å². The van der Waals surface area contributed by atoms with E-state index in [1.807, 2.05) is 23.6 Å². The fourth-order valence-electron chi connectivity index (χ4n) is 1.56. The highest BCUT2D eigenvalue weighted by atomic mass is 32.2. The Morgan fingerprint density at radius 2 is 2.26 bits per heavy atom. The summed E-state index contributed by atoms with van der Waals surface area (Å²) in [7, 11) is 0. The van der Waals surface area contributed by atoms with Crippen LogP contribution < -0.4 is 4.73 Å². The van der Waals surface area contributed by atoms with Gasteiger partial charge in [-0.3, -0.25) is 0 Å². The van der Waals surface area contributed by atoms with Crippen LogP contribution in [0.5, 0.6) is 0 Å². The van der Waals surface area contributed by atoms with Crippen molar-refractivity contribution < 1.29 is 9.15 Å². The van der Waals surface area contributed by atoms with Crippen LogP contribution in [0.4, 0.5) is 0 Å². The van der Waals surface area contributed by atoms with Gasteiger partial charge < -0.3 is 9.62 Å². The van der Waals surface area contributed by atoms with Crippen LogP contribution in [0.3, 0.4) is 0 Å². The molecule has 3 rings (SSSR count). The molecule has 3 aromatic rings. The Morgan fingerprint density at radius 3 is 3.05 bits per heavy atom. The Balaban J connectivity index is 1.70. The summed E-state index contributed by atoms with van der Waals surface area (Å²) in [6.07, 6.45) is 3.13. The van der Waals surface area contributed by atoms with Crippen molar-refractivity contribution >= 4 is 23.1 Å². The van der Waals surface area contributed by atoms with E-state index in [1.165, 1.54) is 18.0 Å².